The molecule has 2 heterocycles. The first-order valence-corrected chi connectivity index (χ1v) is 9.76. The Kier molecular flexibility index (Phi) is 6.84. The van der Waals surface area contributed by atoms with E-state index in [-0.39, 0.29) is 30.8 Å². The number of aromatic amines is 1. The van der Waals surface area contributed by atoms with E-state index in [0.29, 0.717) is 30.2 Å². The Hall–Kier alpha value is -3.62. The molecule has 0 aliphatic carbocycles. The molecule has 2 aromatic heterocycles. The van der Waals surface area contributed by atoms with Crippen LogP contribution in [0.3, 0.4) is 0 Å². The summed E-state index contributed by atoms with van der Waals surface area (Å²) in [7, 11) is 0. The summed E-state index contributed by atoms with van der Waals surface area (Å²) < 4.78 is 12.1. The minimum Gasteiger partial charge on any atom is -0.490 e. The molecule has 158 valence electrons. The lowest BCUT2D eigenvalue weighted by atomic mass is 10.2. The maximum Gasteiger partial charge on any atom is 0.328 e. The highest BCUT2D eigenvalue weighted by atomic mass is 16.5. The minimum absolute atomic E-state index is 0.0172. The molecule has 2 N–H and O–H groups in total. The molecule has 0 bridgehead atoms. The fraction of sp³-hybridized carbons (Fsp3) is 0.333. The Morgan fingerprint density at radius 3 is 2.53 bits per heavy atom. The van der Waals surface area contributed by atoms with Gasteiger partial charge in [-0.3, -0.25) is 19.1 Å². The van der Waals surface area contributed by atoms with Gasteiger partial charge in [0, 0.05) is 25.2 Å². The molecule has 0 radical (unpaired) electrons. The molecule has 0 unspecified atom stereocenters. The molecule has 0 aliphatic rings. The lowest BCUT2D eigenvalue weighted by molar-refractivity contribution is -0.121. The minimum atomic E-state index is -0.586. The summed E-state index contributed by atoms with van der Waals surface area (Å²) in [4.78, 5) is 44.2. The van der Waals surface area contributed by atoms with E-state index in [1.807, 2.05) is 19.9 Å². The molecule has 1 amide bonds. The monoisotopic (exact) mass is 412 g/mol. The summed E-state index contributed by atoms with van der Waals surface area (Å²) in [5.74, 6) is 0.595. The zero-order valence-corrected chi connectivity index (χ0v) is 16.9. The number of benzene rings is 1. The summed E-state index contributed by atoms with van der Waals surface area (Å²) in [6, 6.07) is 8.55. The number of rotatable bonds is 9. The van der Waals surface area contributed by atoms with Gasteiger partial charge in [-0.2, -0.15) is 0 Å². The second-order valence-corrected chi connectivity index (χ2v) is 6.45. The van der Waals surface area contributed by atoms with Gasteiger partial charge in [0.2, 0.25) is 5.91 Å². The normalized spacial score (nSPS) is 10.7. The van der Waals surface area contributed by atoms with Crippen molar-refractivity contribution in [2.24, 2.45) is 0 Å². The van der Waals surface area contributed by atoms with E-state index in [9.17, 15) is 14.4 Å². The van der Waals surface area contributed by atoms with Crippen LogP contribution in [0.1, 0.15) is 26.0 Å². The summed E-state index contributed by atoms with van der Waals surface area (Å²) in [5, 5.41) is 3.01. The summed E-state index contributed by atoms with van der Waals surface area (Å²) in [6.45, 7) is 4.71. The molecule has 3 rings (SSSR count). The molecule has 0 aliphatic heterocycles. The predicted molar refractivity (Wildman–Crippen MR) is 112 cm³/mol. The molecule has 0 spiro atoms. The fourth-order valence-corrected chi connectivity index (χ4v) is 2.99. The maximum atomic E-state index is 12.9. The van der Waals surface area contributed by atoms with Crippen LogP contribution in [0.15, 0.2) is 46.1 Å². The smallest absolute Gasteiger partial charge is 0.328 e. The van der Waals surface area contributed by atoms with Crippen LogP contribution in [-0.4, -0.2) is 33.7 Å². The van der Waals surface area contributed by atoms with Crippen LogP contribution < -0.4 is 26.0 Å². The number of hydrogen-bond donors (Lipinski definition) is 2. The van der Waals surface area contributed by atoms with Crippen LogP contribution in [0.2, 0.25) is 0 Å². The van der Waals surface area contributed by atoms with Crippen molar-refractivity contribution >= 4 is 16.8 Å². The summed E-state index contributed by atoms with van der Waals surface area (Å²) >= 11 is 0. The van der Waals surface area contributed by atoms with E-state index < -0.39 is 11.2 Å². The first-order valence-electron chi connectivity index (χ1n) is 9.76. The topological polar surface area (TPSA) is 115 Å². The Bertz CT molecular complexity index is 1140. The van der Waals surface area contributed by atoms with Crippen molar-refractivity contribution in [1.82, 2.24) is 19.9 Å². The maximum absolute atomic E-state index is 12.9. The zero-order valence-electron chi connectivity index (χ0n) is 16.9. The predicted octanol–water partition coefficient (Wildman–Crippen LogP) is 1.59. The van der Waals surface area contributed by atoms with Gasteiger partial charge in [0.1, 0.15) is 0 Å². The van der Waals surface area contributed by atoms with E-state index >= 15 is 0 Å². The highest BCUT2D eigenvalue weighted by molar-refractivity contribution is 5.81. The fourth-order valence-electron chi connectivity index (χ4n) is 2.99. The van der Waals surface area contributed by atoms with Gasteiger partial charge >= 0.3 is 5.69 Å². The number of nitrogens with zero attached hydrogens (tertiary/aromatic N) is 2. The molecule has 1 aromatic carbocycles. The summed E-state index contributed by atoms with van der Waals surface area (Å²) in [6.07, 6.45) is 1.62. The van der Waals surface area contributed by atoms with Crippen molar-refractivity contribution in [2.45, 2.75) is 33.4 Å². The van der Waals surface area contributed by atoms with E-state index in [4.69, 9.17) is 9.47 Å². The van der Waals surface area contributed by atoms with Gasteiger partial charge in [0.15, 0.2) is 11.5 Å². The second kappa shape index (κ2) is 9.73. The molecule has 0 fully saturated rings. The number of hydrogen-bond acceptors (Lipinski definition) is 6. The number of pyridine rings is 1. The number of amides is 1. The first kappa shape index (κ1) is 21.1. The number of nitrogens with one attached hydrogen (secondary N) is 2. The SMILES string of the molecule is CCOc1cc2[nH]c(=O)n(CCC(=O)NCc3ccccn3)c(=O)c2cc1OCC. The van der Waals surface area contributed by atoms with Crippen molar-refractivity contribution < 1.29 is 14.3 Å². The average Bonchev–Trinajstić information content (AvgIpc) is 2.74. The van der Waals surface area contributed by atoms with Crippen LogP contribution >= 0.6 is 0 Å². The van der Waals surface area contributed by atoms with Crippen LogP contribution in [0.5, 0.6) is 11.5 Å². The second-order valence-electron chi connectivity index (χ2n) is 6.45. The van der Waals surface area contributed by atoms with Gasteiger partial charge in [0.25, 0.3) is 5.56 Å². The third kappa shape index (κ3) is 4.86. The van der Waals surface area contributed by atoms with Crippen molar-refractivity contribution in [3.8, 4) is 11.5 Å². The average molecular weight is 412 g/mol. The largest absolute Gasteiger partial charge is 0.490 e. The Morgan fingerprint density at radius 1 is 1.13 bits per heavy atom. The zero-order chi connectivity index (χ0) is 21.5. The van der Waals surface area contributed by atoms with E-state index in [1.54, 1.807) is 30.5 Å². The van der Waals surface area contributed by atoms with Crippen molar-refractivity contribution in [1.29, 1.82) is 0 Å². The van der Waals surface area contributed by atoms with Gasteiger partial charge in [-0.25, -0.2) is 4.79 Å². The molecule has 0 saturated carbocycles. The van der Waals surface area contributed by atoms with Gasteiger partial charge in [-0.05, 0) is 32.0 Å². The molecule has 9 nitrogen and oxygen atoms in total. The molecular formula is C21H24N4O5. The molecular weight excluding hydrogens is 388 g/mol. The van der Waals surface area contributed by atoms with E-state index in [0.717, 1.165) is 10.3 Å². The van der Waals surface area contributed by atoms with Crippen molar-refractivity contribution in [3.05, 3.63) is 63.1 Å². The standard InChI is InChI=1S/C21H24N4O5/c1-3-29-17-11-15-16(12-18(17)30-4-2)24-21(28)25(20(15)27)10-8-19(26)23-13-14-7-5-6-9-22-14/h5-7,9,11-12H,3-4,8,10,13H2,1-2H3,(H,23,26)(H,24,28). The van der Waals surface area contributed by atoms with Gasteiger partial charge in [0.05, 0.1) is 36.4 Å². The molecule has 9 heteroatoms. The van der Waals surface area contributed by atoms with Gasteiger partial charge in [-0.1, -0.05) is 6.07 Å². The first-order chi connectivity index (χ1) is 14.5. The van der Waals surface area contributed by atoms with E-state index in [1.165, 1.54) is 0 Å². The lowest BCUT2D eigenvalue weighted by Crippen LogP contribution is -2.36. The lowest BCUT2D eigenvalue weighted by Gasteiger charge is -2.13. The van der Waals surface area contributed by atoms with Gasteiger partial charge in [-0.15, -0.1) is 0 Å². The Balaban J connectivity index is 1.80. The van der Waals surface area contributed by atoms with Crippen molar-refractivity contribution in [3.63, 3.8) is 0 Å². The number of ether oxygens (including phenoxy) is 2. The molecule has 0 atom stereocenters. The molecule has 0 saturated heterocycles. The van der Waals surface area contributed by atoms with E-state index in [2.05, 4.69) is 15.3 Å². The molecule has 30 heavy (non-hydrogen) atoms. The third-order valence-corrected chi connectivity index (χ3v) is 4.40. The summed E-state index contributed by atoms with van der Waals surface area (Å²) in [5.41, 5.74) is -0.000191. The quantitative estimate of drug-likeness (QED) is 0.551. The van der Waals surface area contributed by atoms with Crippen molar-refractivity contribution in [2.75, 3.05) is 13.2 Å². The number of carbonyl (C=O) groups excluding carboxylic acids is 1. The van der Waals surface area contributed by atoms with Crippen LogP contribution in [0, 0.1) is 0 Å². The number of aromatic nitrogens is 3. The van der Waals surface area contributed by atoms with Gasteiger partial charge < -0.3 is 19.8 Å². The highest BCUT2D eigenvalue weighted by Gasteiger charge is 2.14. The number of H-pyrrole nitrogens is 1. The third-order valence-electron chi connectivity index (χ3n) is 4.40. The van der Waals surface area contributed by atoms with Crippen LogP contribution in [0.25, 0.3) is 10.9 Å². The number of carbonyl (C=O) groups is 1. The molecule has 3 aromatic rings. The number of fused-ring (bicyclic) bond motifs is 1. The highest BCUT2D eigenvalue weighted by Crippen LogP contribution is 2.30. The van der Waals surface area contributed by atoms with Crippen LogP contribution in [0.4, 0.5) is 0 Å². The van der Waals surface area contributed by atoms with Crippen LogP contribution in [-0.2, 0) is 17.9 Å². The Morgan fingerprint density at radius 2 is 1.87 bits per heavy atom. The Labute approximate surface area is 172 Å².